The molecule has 152 valence electrons. The van der Waals surface area contributed by atoms with Gasteiger partial charge in [0, 0.05) is 29.8 Å². The molecule has 0 radical (unpaired) electrons. The van der Waals surface area contributed by atoms with Crippen molar-refractivity contribution < 1.29 is 18.8 Å². The van der Waals surface area contributed by atoms with Crippen LogP contribution in [0, 0.1) is 17.0 Å². The van der Waals surface area contributed by atoms with Crippen LogP contribution in [-0.2, 0) is 11.3 Å². The summed E-state index contributed by atoms with van der Waals surface area (Å²) in [5.74, 6) is -1.98. The second kappa shape index (κ2) is 7.92. The number of amides is 1. The molecule has 2 N–H and O–H groups in total. The standard InChI is InChI=1S/C19H19F2N5O3/c1-19(2,18(28)24-29)5-8-25-11-15(21)13(10-17(25)27)12-3-4-16(14(20)9-12)26-22-6-7-23-26/h3-4,6-7,9-11,29H,5,8H2,1-2H3,(H,24,28). The van der Waals surface area contributed by atoms with Crippen LogP contribution in [0.5, 0.6) is 0 Å². The summed E-state index contributed by atoms with van der Waals surface area (Å²) in [6, 6.07) is 5.05. The summed E-state index contributed by atoms with van der Waals surface area (Å²) < 4.78 is 30.2. The molecule has 0 unspecified atom stereocenters. The van der Waals surface area contributed by atoms with E-state index in [4.69, 9.17) is 5.21 Å². The first kappa shape index (κ1) is 20.3. The van der Waals surface area contributed by atoms with Gasteiger partial charge in [0.1, 0.15) is 11.5 Å². The first-order valence-electron chi connectivity index (χ1n) is 8.74. The fourth-order valence-corrected chi connectivity index (χ4v) is 2.78. The zero-order valence-corrected chi connectivity index (χ0v) is 15.8. The van der Waals surface area contributed by atoms with Crippen molar-refractivity contribution in [1.29, 1.82) is 0 Å². The molecule has 1 aromatic carbocycles. The van der Waals surface area contributed by atoms with E-state index in [1.807, 2.05) is 0 Å². The minimum atomic E-state index is -0.956. The minimum absolute atomic E-state index is 0.0440. The summed E-state index contributed by atoms with van der Waals surface area (Å²) in [6.45, 7) is 3.24. The molecule has 0 saturated carbocycles. The Morgan fingerprint density at radius 1 is 1.17 bits per heavy atom. The van der Waals surface area contributed by atoms with Crippen LogP contribution < -0.4 is 11.0 Å². The molecule has 0 aliphatic rings. The van der Waals surface area contributed by atoms with E-state index in [9.17, 15) is 18.4 Å². The molecule has 0 bridgehead atoms. The number of hydrogen-bond acceptors (Lipinski definition) is 5. The summed E-state index contributed by atoms with van der Waals surface area (Å²) in [7, 11) is 0. The van der Waals surface area contributed by atoms with Crippen LogP contribution in [0.15, 0.2) is 47.7 Å². The van der Waals surface area contributed by atoms with Gasteiger partial charge in [-0.2, -0.15) is 10.2 Å². The van der Waals surface area contributed by atoms with E-state index in [0.717, 1.165) is 27.7 Å². The molecule has 3 rings (SSSR count). The Kier molecular flexibility index (Phi) is 5.55. The van der Waals surface area contributed by atoms with Crippen molar-refractivity contribution in [2.24, 2.45) is 5.41 Å². The molecule has 0 atom stereocenters. The van der Waals surface area contributed by atoms with Crippen LogP contribution in [0.4, 0.5) is 8.78 Å². The fraction of sp³-hybridized carbons (Fsp3) is 0.263. The highest BCUT2D eigenvalue weighted by Gasteiger charge is 2.27. The molecular weight excluding hydrogens is 384 g/mol. The highest BCUT2D eigenvalue weighted by molar-refractivity contribution is 5.80. The maximum atomic E-state index is 14.6. The number of hydrogen-bond donors (Lipinski definition) is 2. The summed E-state index contributed by atoms with van der Waals surface area (Å²) in [5, 5.41) is 16.5. The zero-order valence-electron chi connectivity index (χ0n) is 15.8. The zero-order chi connectivity index (χ0) is 21.2. The van der Waals surface area contributed by atoms with E-state index in [-0.39, 0.29) is 29.8 Å². The Balaban J connectivity index is 1.87. The van der Waals surface area contributed by atoms with Gasteiger partial charge < -0.3 is 4.57 Å². The average molecular weight is 403 g/mol. The molecule has 3 aromatic rings. The molecule has 2 aromatic heterocycles. The number of rotatable bonds is 6. The Morgan fingerprint density at radius 3 is 2.48 bits per heavy atom. The quantitative estimate of drug-likeness (QED) is 0.486. The predicted molar refractivity (Wildman–Crippen MR) is 99.3 cm³/mol. The summed E-state index contributed by atoms with van der Waals surface area (Å²) >= 11 is 0. The van der Waals surface area contributed by atoms with Crippen molar-refractivity contribution in [3.63, 3.8) is 0 Å². The first-order chi connectivity index (χ1) is 13.7. The maximum Gasteiger partial charge on any atom is 0.251 e. The molecule has 8 nitrogen and oxygen atoms in total. The Bertz CT molecular complexity index is 1090. The van der Waals surface area contributed by atoms with E-state index < -0.39 is 28.5 Å². The molecule has 0 spiro atoms. The van der Waals surface area contributed by atoms with Gasteiger partial charge in [-0.25, -0.2) is 14.3 Å². The SMILES string of the molecule is CC(C)(CCn1cc(F)c(-c2ccc(-n3nccn3)c(F)c2)cc1=O)C(=O)NO. The number of carbonyl (C=O) groups is 1. The average Bonchev–Trinajstić information content (AvgIpc) is 3.22. The number of nitrogens with zero attached hydrogens (tertiary/aromatic N) is 4. The lowest BCUT2D eigenvalue weighted by Crippen LogP contribution is -2.36. The Morgan fingerprint density at radius 2 is 1.86 bits per heavy atom. The topological polar surface area (TPSA) is 102 Å². The van der Waals surface area contributed by atoms with Crippen molar-refractivity contribution in [2.45, 2.75) is 26.8 Å². The summed E-state index contributed by atoms with van der Waals surface area (Å²) in [4.78, 5) is 25.1. The molecule has 0 saturated heterocycles. The monoisotopic (exact) mass is 403 g/mol. The highest BCUT2D eigenvalue weighted by atomic mass is 19.1. The van der Waals surface area contributed by atoms with Gasteiger partial charge in [-0.3, -0.25) is 14.8 Å². The first-order valence-corrected chi connectivity index (χ1v) is 8.74. The van der Waals surface area contributed by atoms with Gasteiger partial charge in [0.15, 0.2) is 5.82 Å². The Labute approximate surface area is 164 Å². The van der Waals surface area contributed by atoms with Crippen molar-refractivity contribution in [1.82, 2.24) is 25.0 Å². The highest BCUT2D eigenvalue weighted by Crippen LogP contribution is 2.25. The van der Waals surface area contributed by atoms with E-state index >= 15 is 0 Å². The van der Waals surface area contributed by atoms with Gasteiger partial charge in [0.25, 0.3) is 5.56 Å². The number of carbonyl (C=O) groups excluding carboxylic acids is 1. The van der Waals surface area contributed by atoms with Gasteiger partial charge in [-0.1, -0.05) is 19.9 Å². The molecule has 0 aliphatic carbocycles. The third-order valence-electron chi connectivity index (χ3n) is 4.66. The summed E-state index contributed by atoms with van der Waals surface area (Å²) in [6.07, 6.45) is 4.01. The third-order valence-corrected chi connectivity index (χ3v) is 4.66. The van der Waals surface area contributed by atoms with Gasteiger partial charge in [0.05, 0.1) is 12.4 Å². The molecule has 0 aliphatic heterocycles. The fourth-order valence-electron chi connectivity index (χ4n) is 2.78. The number of aromatic nitrogens is 4. The molecule has 2 heterocycles. The number of benzene rings is 1. The largest absolute Gasteiger partial charge is 0.313 e. The lowest BCUT2D eigenvalue weighted by Gasteiger charge is -2.22. The third kappa shape index (κ3) is 4.21. The second-order valence-corrected chi connectivity index (χ2v) is 7.13. The van der Waals surface area contributed by atoms with E-state index in [2.05, 4.69) is 10.2 Å². The lowest BCUT2D eigenvalue weighted by molar-refractivity contribution is -0.138. The van der Waals surface area contributed by atoms with Crippen molar-refractivity contribution >= 4 is 5.91 Å². The minimum Gasteiger partial charge on any atom is -0.313 e. The maximum absolute atomic E-state index is 14.6. The van der Waals surface area contributed by atoms with Gasteiger partial charge in [-0.15, -0.1) is 4.80 Å². The molecule has 29 heavy (non-hydrogen) atoms. The van der Waals surface area contributed by atoms with Crippen LogP contribution in [-0.4, -0.2) is 30.7 Å². The van der Waals surface area contributed by atoms with Gasteiger partial charge in [0.2, 0.25) is 5.91 Å². The van der Waals surface area contributed by atoms with Crippen LogP contribution in [0.25, 0.3) is 16.8 Å². The van der Waals surface area contributed by atoms with E-state index in [0.29, 0.717) is 0 Å². The molecular formula is C19H19F2N5O3. The summed E-state index contributed by atoms with van der Waals surface area (Å²) in [5.41, 5.74) is 0.361. The van der Waals surface area contributed by atoms with Crippen molar-refractivity contribution in [3.8, 4) is 16.8 Å². The van der Waals surface area contributed by atoms with Gasteiger partial charge >= 0.3 is 0 Å². The van der Waals surface area contributed by atoms with Crippen molar-refractivity contribution in [2.75, 3.05) is 0 Å². The van der Waals surface area contributed by atoms with Gasteiger partial charge in [-0.05, 0) is 24.1 Å². The number of halogens is 2. The number of pyridine rings is 1. The van der Waals surface area contributed by atoms with Crippen molar-refractivity contribution in [3.05, 3.63) is 64.8 Å². The lowest BCUT2D eigenvalue weighted by atomic mass is 9.88. The van der Waals surface area contributed by atoms with Crippen LogP contribution in [0.3, 0.4) is 0 Å². The number of aryl methyl sites for hydroxylation is 1. The van der Waals surface area contributed by atoms with Crippen LogP contribution in [0.2, 0.25) is 0 Å². The molecule has 10 heteroatoms. The smallest absolute Gasteiger partial charge is 0.251 e. The van der Waals surface area contributed by atoms with Crippen LogP contribution >= 0.6 is 0 Å². The van der Waals surface area contributed by atoms with E-state index in [1.165, 1.54) is 24.5 Å². The second-order valence-electron chi connectivity index (χ2n) is 7.13. The number of hydroxylamine groups is 1. The normalized spacial score (nSPS) is 11.5. The number of nitrogens with one attached hydrogen (secondary N) is 1. The van der Waals surface area contributed by atoms with E-state index in [1.54, 1.807) is 19.3 Å². The molecule has 0 fully saturated rings. The predicted octanol–water partition coefficient (Wildman–Crippen LogP) is 2.30. The van der Waals surface area contributed by atoms with Crippen LogP contribution in [0.1, 0.15) is 20.3 Å². The molecule has 1 amide bonds. The Hall–Kier alpha value is -3.40.